The van der Waals surface area contributed by atoms with E-state index in [1.807, 2.05) is 37.3 Å². The maximum absolute atomic E-state index is 11.9. The lowest BCUT2D eigenvalue weighted by molar-refractivity contribution is -0.145. The van der Waals surface area contributed by atoms with Gasteiger partial charge in [0, 0.05) is 21.1 Å². The fourth-order valence-corrected chi connectivity index (χ4v) is 3.85. The summed E-state index contributed by atoms with van der Waals surface area (Å²) in [6.07, 6.45) is -0.0648. The third-order valence-electron chi connectivity index (χ3n) is 4.41. The average Bonchev–Trinajstić information content (AvgIpc) is 3.16. The van der Waals surface area contributed by atoms with E-state index in [0.717, 1.165) is 22.6 Å². The minimum Gasteiger partial charge on any atom is -0.489 e. The van der Waals surface area contributed by atoms with E-state index in [9.17, 15) is 4.79 Å². The Labute approximate surface area is 154 Å². The largest absolute Gasteiger partial charge is 0.489 e. The first-order valence-corrected chi connectivity index (χ1v) is 9.09. The van der Waals surface area contributed by atoms with E-state index in [4.69, 9.17) is 14.2 Å². The Hall–Kier alpha value is -1.76. The molecule has 0 radical (unpaired) electrons. The molecular formula is C19H17IO4. The number of halogens is 1. The number of esters is 1. The first-order valence-electron chi connectivity index (χ1n) is 8.02. The number of hydrogen-bond acceptors (Lipinski definition) is 4. The third-order valence-corrected chi connectivity index (χ3v) is 5.09. The Morgan fingerprint density at radius 3 is 2.92 bits per heavy atom. The number of carbonyl (C=O) groups excluding carboxylic acids is 1. The molecule has 4 nitrogen and oxygen atoms in total. The normalized spacial score (nSPS) is 23.0. The van der Waals surface area contributed by atoms with E-state index in [-0.39, 0.29) is 23.9 Å². The Morgan fingerprint density at radius 2 is 2.12 bits per heavy atom. The van der Waals surface area contributed by atoms with Crippen molar-refractivity contribution in [1.29, 1.82) is 0 Å². The number of benzene rings is 2. The van der Waals surface area contributed by atoms with Crippen molar-refractivity contribution < 1.29 is 19.0 Å². The summed E-state index contributed by atoms with van der Waals surface area (Å²) in [5.41, 5.74) is 2.22. The van der Waals surface area contributed by atoms with Gasteiger partial charge in [0.05, 0.1) is 6.61 Å². The summed E-state index contributed by atoms with van der Waals surface area (Å²) in [6, 6.07) is 14.1. The van der Waals surface area contributed by atoms with E-state index in [2.05, 4.69) is 34.7 Å². The molecule has 0 saturated heterocycles. The van der Waals surface area contributed by atoms with Crippen molar-refractivity contribution in [3.63, 3.8) is 0 Å². The van der Waals surface area contributed by atoms with Crippen LogP contribution in [0.2, 0.25) is 0 Å². The van der Waals surface area contributed by atoms with Crippen molar-refractivity contribution in [3.8, 4) is 11.5 Å². The van der Waals surface area contributed by atoms with Gasteiger partial charge in [-0.05, 0) is 53.3 Å². The van der Waals surface area contributed by atoms with Crippen molar-refractivity contribution in [2.24, 2.45) is 5.92 Å². The van der Waals surface area contributed by atoms with Gasteiger partial charge in [-0.2, -0.15) is 0 Å². The lowest BCUT2D eigenvalue weighted by Crippen LogP contribution is -2.13. The van der Waals surface area contributed by atoms with E-state index in [1.54, 1.807) is 0 Å². The molecular weight excluding hydrogens is 419 g/mol. The number of ether oxygens (including phenoxy) is 3. The van der Waals surface area contributed by atoms with Gasteiger partial charge in [0.25, 0.3) is 0 Å². The molecule has 2 aromatic carbocycles. The number of fused-ring (bicyclic) bond motifs is 3. The molecule has 24 heavy (non-hydrogen) atoms. The molecule has 0 aromatic heterocycles. The summed E-state index contributed by atoms with van der Waals surface area (Å²) in [5, 5.41) is 0. The zero-order valence-corrected chi connectivity index (χ0v) is 15.4. The van der Waals surface area contributed by atoms with Gasteiger partial charge in [0.2, 0.25) is 0 Å². The molecule has 0 spiro atoms. The zero-order valence-electron chi connectivity index (χ0n) is 13.2. The summed E-state index contributed by atoms with van der Waals surface area (Å²) in [6.45, 7) is 2.75. The van der Waals surface area contributed by atoms with Gasteiger partial charge in [-0.25, -0.2) is 0 Å². The SMILES string of the molecule is CCOC(=O)C1C2Oc3cc(OCc4cccc(I)c4)ccc3C21. The molecule has 3 atom stereocenters. The quantitative estimate of drug-likeness (QED) is 0.527. The Kier molecular flexibility index (Phi) is 4.12. The second-order valence-corrected chi connectivity index (χ2v) is 7.25. The second kappa shape index (κ2) is 6.27. The Balaban J connectivity index is 1.42. The number of hydrogen-bond donors (Lipinski definition) is 0. The molecule has 2 aliphatic rings. The number of carbonyl (C=O) groups is 1. The van der Waals surface area contributed by atoms with E-state index < -0.39 is 0 Å². The highest BCUT2D eigenvalue weighted by Gasteiger charge is 2.63. The molecule has 1 heterocycles. The maximum atomic E-state index is 11.9. The first kappa shape index (κ1) is 15.7. The zero-order chi connectivity index (χ0) is 16.7. The predicted molar refractivity (Wildman–Crippen MR) is 97.2 cm³/mol. The Bertz CT molecular complexity index is 789. The lowest BCUT2D eigenvalue weighted by Gasteiger charge is -2.11. The summed E-state index contributed by atoms with van der Waals surface area (Å²) in [5.74, 6) is 1.45. The van der Waals surface area contributed by atoms with E-state index >= 15 is 0 Å². The average molecular weight is 436 g/mol. The van der Waals surface area contributed by atoms with Gasteiger partial charge < -0.3 is 14.2 Å². The third kappa shape index (κ3) is 2.85. The van der Waals surface area contributed by atoms with Crippen molar-refractivity contribution in [1.82, 2.24) is 0 Å². The lowest BCUT2D eigenvalue weighted by atomic mass is 10.1. The standard InChI is InChI=1S/C19H17IO4/c1-2-22-19(21)17-16-14-7-6-13(9-15(14)24-18(16)17)23-10-11-4-3-5-12(20)8-11/h3-9,16-18H,2,10H2,1H3. The van der Waals surface area contributed by atoms with Crippen molar-refractivity contribution in [3.05, 3.63) is 57.2 Å². The summed E-state index contributed by atoms with van der Waals surface area (Å²) >= 11 is 2.29. The molecule has 5 heteroatoms. The van der Waals surface area contributed by atoms with E-state index in [1.165, 1.54) is 3.57 Å². The Morgan fingerprint density at radius 1 is 1.25 bits per heavy atom. The highest BCUT2D eigenvalue weighted by molar-refractivity contribution is 14.1. The van der Waals surface area contributed by atoms with Gasteiger partial charge >= 0.3 is 5.97 Å². The van der Waals surface area contributed by atoms with Crippen LogP contribution in [0.1, 0.15) is 24.0 Å². The van der Waals surface area contributed by atoms with Crippen molar-refractivity contribution in [2.75, 3.05) is 6.61 Å². The van der Waals surface area contributed by atoms with Gasteiger partial charge in [-0.15, -0.1) is 0 Å². The fourth-order valence-electron chi connectivity index (χ4n) is 3.24. The molecule has 1 fully saturated rings. The van der Waals surface area contributed by atoms with Crippen molar-refractivity contribution >= 4 is 28.6 Å². The molecule has 1 saturated carbocycles. The fraction of sp³-hybridized carbons (Fsp3) is 0.316. The van der Waals surface area contributed by atoms with Gasteiger partial charge in [-0.1, -0.05) is 18.2 Å². The van der Waals surface area contributed by atoms with Crippen LogP contribution in [0, 0.1) is 9.49 Å². The highest BCUT2D eigenvalue weighted by Crippen LogP contribution is 2.59. The number of rotatable bonds is 5. The van der Waals surface area contributed by atoms with Crippen LogP contribution in [0.15, 0.2) is 42.5 Å². The van der Waals surface area contributed by atoms with Crippen LogP contribution in [0.4, 0.5) is 0 Å². The van der Waals surface area contributed by atoms with Crippen molar-refractivity contribution in [2.45, 2.75) is 25.6 Å². The van der Waals surface area contributed by atoms with E-state index in [0.29, 0.717) is 13.2 Å². The highest BCUT2D eigenvalue weighted by atomic mass is 127. The van der Waals surface area contributed by atoms with Crippen LogP contribution >= 0.6 is 22.6 Å². The predicted octanol–water partition coefficient (Wildman–Crippen LogP) is 3.91. The molecule has 1 aliphatic carbocycles. The second-order valence-electron chi connectivity index (χ2n) is 6.00. The van der Waals surface area contributed by atoms with Crippen LogP contribution in [-0.2, 0) is 16.1 Å². The minimum absolute atomic E-state index is 0.0648. The topological polar surface area (TPSA) is 44.8 Å². The monoisotopic (exact) mass is 436 g/mol. The van der Waals surface area contributed by atoms with Gasteiger partial charge in [0.1, 0.15) is 30.1 Å². The van der Waals surface area contributed by atoms with Crippen LogP contribution in [0.25, 0.3) is 0 Å². The van der Waals surface area contributed by atoms with Gasteiger partial charge in [-0.3, -0.25) is 4.79 Å². The molecule has 1 aliphatic heterocycles. The van der Waals surface area contributed by atoms with Crippen LogP contribution in [0.3, 0.4) is 0 Å². The van der Waals surface area contributed by atoms with Crippen LogP contribution in [0.5, 0.6) is 11.5 Å². The smallest absolute Gasteiger partial charge is 0.313 e. The minimum atomic E-state index is -0.155. The van der Waals surface area contributed by atoms with Gasteiger partial charge in [0.15, 0.2) is 0 Å². The summed E-state index contributed by atoms with van der Waals surface area (Å²) < 4.78 is 18.0. The molecule has 0 amide bonds. The molecule has 0 bridgehead atoms. The molecule has 3 unspecified atom stereocenters. The first-order chi connectivity index (χ1) is 11.7. The summed E-state index contributed by atoms with van der Waals surface area (Å²) in [7, 11) is 0. The summed E-state index contributed by atoms with van der Waals surface area (Å²) in [4.78, 5) is 11.9. The molecule has 0 N–H and O–H groups in total. The molecule has 124 valence electrons. The molecule has 4 rings (SSSR count). The molecule has 2 aromatic rings. The maximum Gasteiger partial charge on any atom is 0.313 e. The van der Waals surface area contributed by atoms with Crippen LogP contribution < -0.4 is 9.47 Å². The van der Waals surface area contributed by atoms with Crippen LogP contribution in [-0.4, -0.2) is 18.7 Å².